The second kappa shape index (κ2) is 13.2. The molecule has 0 spiro atoms. The first-order valence-corrected chi connectivity index (χ1v) is 14.7. The predicted octanol–water partition coefficient (Wildman–Crippen LogP) is 7.60. The van der Waals surface area contributed by atoms with E-state index in [9.17, 15) is 4.79 Å². The molecule has 0 atom stereocenters. The molecule has 3 aromatic rings. The van der Waals surface area contributed by atoms with Crippen LogP contribution in [0.1, 0.15) is 54.7 Å². The number of methoxy groups -OCH3 is 1. The predicted molar refractivity (Wildman–Crippen MR) is 161 cm³/mol. The van der Waals surface area contributed by atoms with Gasteiger partial charge in [-0.05, 0) is 65.8 Å². The molecule has 5 rings (SSSR count). The summed E-state index contributed by atoms with van der Waals surface area (Å²) in [6.07, 6.45) is 8.46. The summed E-state index contributed by atoms with van der Waals surface area (Å²) in [6, 6.07) is 24.0. The first-order valence-electron chi connectivity index (χ1n) is 13.4. The monoisotopic (exact) mass is 559 g/mol. The summed E-state index contributed by atoms with van der Waals surface area (Å²) in [7, 11) is 1.61. The Hall–Kier alpha value is -3.29. The average molecular weight is 560 g/mol. The van der Waals surface area contributed by atoms with Crippen LogP contribution in [0.2, 0.25) is 0 Å². The van der Waals surface area contributed by atoms with Crippen molar-refractivity contribution < 1.29 is 19.0 Å². The minimum atomic E-state index is -0.0860. The molecule has 0 unspecified atom stereocenters. The van der Waals surface area contributed by atoms with Crippen LogP contribution in [-0.2, 0) is 11.3 Å². The van der Waals surface area contributed by atoms with Gasteiger partial charge in [0.05, 0.1) is 18.6 Å². The zero-order chi connectivity index (χ0) is 27.0. The molecule has 1 aliphatic heterocycles. The van der Waals surface area contributed by atoms with Gasteiger partial charge in [-0.1, -0.05) is 91.8 Å². The van der Waals surface area contributed by atoms with Crippen molar-refractivity contribution >= 4 is 40.3 Å². The lowest BCUT2D eigenvalue weighted by Crippen LogP contribution is -2.27. The zero-order valence-corrected chi connectivity index (χ0v) is 23.8. The van der Waals surface area contributed by atoms with E-state index in [-0.39, 0.29) is 5.91 Å². The number of hydrogen-bond donors (Lipinski definition) is 0. The van der Waals surface area contributed by atoms with Gasteiger partial charge in [0.1, 0.15) is 23.3 Å². The van der Waals surface area contributed by atoms with E-state index in [1.54, 1.807) is 12.0 Å². The van der Waals surface area contributed by atoms with Gasteiger partial charge >= 0.3 is 0 Å². The van der Waals surface area contributed by atoms with Crippen LogP contribution in [0, 0.1) is 0 Å². The van der Waals surface area contributed by atoms with Gasteiger partial charge in [-0.25, -0.2) is 0 Å². The molecular formula is C32H33NO4S2. The molecule has 1 amide bonds. The molecule has 3 aromatic carbocycles. The number of thioether (sulfide) groups is 1. The SMILES string of the molecule is COc1cc(C=C2SC(=S)N(Cc3ccccc3)C2=O)ccc1OCCOc1ccc(C2CCCCC2)cc1. The van der Waals surface area contributed by atoms with Crippen molar-refractivity contribution in [3.63, 3.8) is 0 Å². The van der Waals surface area contributed by atoms with E-state index in [0.29, 0.717) is 46.4 Å². The Morgan fingerprint density at radius 2 is 1.67 bits per heavy atom. The van der Waals surface area contributed by atoms with Crippen LogP contribution in [0.5, 0.6) is 17.2 Å². The lowest BCUT2D eigenvalue weighted by atomic mass is 9.84. The van der Waals surface area contributed by atoms with Gasteiger partial charge in [0, 0.05) is 0 Å². The van der Waals surface area contributed by atoms with Crippen molar-refractivity contribution in [2.24, 2.45) is 0 Å². The highest BCUT2D eigenvalue weighted by molar-refractivity contribution is 8.26. The van der Waals surface area contributed by atoms with E-state index in [0.717, 1.165) is 16.9 Å². The maximum absolute atomic E-state index is 13.0. The van der Waals surface area contributed by atoms with Crippen LogP contribution in [0.3, 0.4) is 0 Å². The highest BCUT2D eigenvalue weighted by Crippen LogP contribution is 2.36. The highest BCUT2D eigenvalue weighted by Gasteiger charge is 2.32. The van der Waals surface area contributed by atoms with Gasteiger partial charge in [0.25, 0.3) is 5.91 Å². The largest absolute Gasteiger partial charge is 0.493 e. The third-order valence-electron chi connectivity index (χ3n) is 7.11. The minimum absolute atomic E-state index is 0.0860. The number of amides is 1. The van der Waals surface area contributed by atoms with Crippen LogP contribution in [-0.4, -0.2) is 35.5 Å². The molecular weight excluding hydrogens is 526 g/mol. The molecule has 1 heterocycles. The van der Waals surface area contributed by atoms with E-state index in [4.69, 9.17) is 26.4 Å². The van der Waals surface area contributed by atoms with Crippen molar-refractivity contribution in [2.45, 2.75) is 44.6 Å². The highest BCUT2D eigenvalue weighted by atomic mass is 32.2. The fourth-order valence-corrected chi connectivity index (χ4v) is 6.29. The van der Waals surface area contributed by atoms with Crippen LogP contribution in [0.4, 0.5) is 0 Å². The summed E-state index contributed by atoms with van der Waals surface area (Å²) < 4.78 is 18.0. The molecule has 5 nitrogen and oxygen atoms in total. The first kappa shape index (κ1) is 27.3. The average Bonchev–Trinajstić information content (AvgIpc) is 3.24. The molecule has 1 saturated heterocycles. The Morgan fingerprint density at radius 3 is 2.41 bits per heavy atom. The van der Waals surface area contributed by atoms with Crippen LogP contribution in [0.25, 0.3) is 6.08 Å². The number of nitrogens with zero attached hydrogens (tertiary/aromatic N) is 1. The Kier molecular flexibility index (Phi) is 9.22. The van der Waals surface area contributed by atoms with E-state index in [1.807, 2.05) is 54.6 Å². The van der Waals surface area contributed by atoms with Crippen molar-refractivity contribution in [3.05, 3.63) is 94.4 Å². The maximum atomic E-state index is 13.0. The van der Waals surface area contributed by atoms with Crippen LogP contribution >= 0.6 is 24.0 Å². The summed E-state index contributed by atoms with van der Waals surface area (Å²) in [5.41, 5.74) is 3.30. The summed E-state index contributed by atoms with van der Waals surface area (Å²) in [6.45, 7) is 1.28. The molecule has 0 radical (unpaired) electrons. The van der Waals surface area contributed by atoms with E-state index < -0.39 is 0 Å². The van der Waals surface area contributed by atoms with Gasteiger partial charge in [-0.15, -0.1) is 0 Å². The van der Waals surface area contributed by atoms with Gasteiger partial charge in [-0.2, -0.15) is 0 Å². The smallest absolute Gasteiger partial charge is 0.266 e. The molecule has 202 valence electrons. The molecule has 0 bridgehead atoms. The van der Waals surface area contributed by atoms with E-state index in [2.05, 4.69) is 24.3 Å². The van der Waals surface area contributed by atoms with Crippen molar-refractivity contribution in [1.29, 1.82) is 0 Å². The maximum Gasteiger partial charge on any atom is 0.266 e. The fraction of sp³-hybridized carbons (Fsp3) is 0.312. The van der Waals surface area contributed by atoms with Gasteiger partial charge in [0.15, 0.2) is 11.5 Å². The second-order valence-electron chi connectivity index (χ2n) is 9.76. The van der Waals surface area contributed by atoms with E-state index >= 15 is 0 Å². The van der Waals surface area contributed by atoms with Crippen molar-refractivity contribution in [1.82, 2.24) is 4.90 Å². The molecule has 0 aromatic heterocycles. The summed E-state index contributed by atoms with van der Waals surface area (Å²) in [5, 5.41) is 0. The third kappa shape index (κ3) is 7.02. The molecule has 2 fully saturated rings. The standard InChI is InChI=1S/C32H33NO4S2/c1-35-29-20-24(21-30-31(34)33(32(38)39-30)22-23-8-4-2-5-9-23)12-17-28(29)37-19-18-36-27-15-13-26(14-16-27)25-10-6-3-7-11-25/h2,4-5,8-9,12-17,20-21,25H,3,6-7,10-11,18-19,22H2,1H3. The van der Waals surface area contributed by atoms with Crippen LogP contribution in [0.15, 0.2) is 77.7 Å². The van der Waals surface area contributed by atoms with Gasteiger partial charge in [0.2, 0.25) is 0 Å². The Labute approximate surface area is 240 Å². The van der Waals surface area contributed by atoms with Gasteiger partial charge in [-0.3, -0.25) is 9.69 Å². The zero-order valence-electron chi connectivity index (χ0n) is 22.1. The summed E-state index contributed by atoms with van der Waals surface area (Å²) in [4.78, 5) is 15.2. The lowest BCUT2D eigenvalue weighted by molar-refractivity contribution is -0.122. The van der Waals surface area contributed by atoms with E-state index in [1.165, 1.54) is 49.4 Å². The number of ether oxygens (including phenoxy) is 3. The Bertz CT molecular complexity index is 1320. The number of carbonyl (C=O) groups excluding carboxylic acids is 1. The summed E-state index contributed by atoms with van der Waals surface area (Å²) >= 11 is 6.80. The summed E-state index contributed by atoms with van der Waals surface area (Å²) in [5.74, 6) is 2.68. The third-order valence-corrected chi connectivity index (χ3v) is 8.49. The molecule has 1 aliphatic carbocycles. The van der Waals surface area contributed by atoms with Crippen molar-refractivity contribution in [2.75, 3.05) is 20.3 Å². The normalized spacial score (nSPS) is 17.1. The molecule has 7 heteroatoms. The molecule has 0 N–H and O–H groups in total. The quantitative estimate of drug-likeness (QED) is 0.145. The number of thiocarbonyl (C=S) groups is 1. The lowest BCUT2D eigenvalue weighted by Gasteiger charge is -2.22. The van der Waals surface area contributed by atoms with Gasteiger partial charge < -0.3 is 14.2 Å². The number of benzene rings is 3. The minimum Gasteiger partial charge on any atom is -0.493 e. The molecule has 2 aliphatic rings. The molecule has 39 heavy (non-hydrogen) atoms. The topological polar surface area (TPSA) is 48.0 Å². The fourth-order valence-electron chi connectivity index (χ4n) is 5.03. The van der Waals surface area contributed by atoms with Crippen molar-refractivity contribution in [3.8, 4) is 17.2 Å². The first-order chi connectivity index (χ1) is 19.1. The molecule has 1 saturated carbocycles. The number of rotatable bonds is 10. The second-order valence-corrected chi connectivity index (χ2v) is 11.4. The Balaban J connectivity index is 1.14. The number of carbonyl (C=O) groups is 1. The Morgan fingerprint density at radius 1 is 0.923 bits per heavy atom. The van der Waals surface area contributed by atoms with Crippen LogP contribution < -0.4 is 14.2 Å². The number of hydrogen-bond acceptors (Lipinski definition) is 6.